The average molecular weight is 146 g/mol. The number of nitrogens with zero attached hydrogens (tertiary/aromatic N) is 1. The minimum absolute atomic E-state index is 0.471. The van der Waals surface area contributed by atoms with E-state index in [4.69, 9.17) is 5.26 Å². The molecule has 0 atom stereocenters. The Morgan fingerprint density at radius 3 is 3.18 bits per heavy atom. The Morgan fingerprint density at radius 1 is 1.73 bits per heavy atom. The van der Waals surface area contributed by atoms with Crippen molar-refractivity contribution in [3.8, 4) is 6.07 Å². The fourth-order valence-corrected chi connectivity index (χ4v) is 0.978. The van der Waals surface area contributed by atoms with Crippen LogP contribution < -0.4 is 10.6 Å². The lowest BCUT2D eigenvalue weighted by Crippen LogP contribution is -2.21. The van der Waals surface area contributed by atoms with Crippen LogP contribution in [0.15, 0.2) is 12.3 Å². The Bertz CT molecular complexity index is 365. The first-order valence-electron chi connectivity index (χ1n) is 3.55. The number of nitriles is 1. The molecule has 0 fully saturated rings. The number of hydrogen-bond acceptors (Lipinski definition) is 1. The van der Waals surface area contributed by atoms with Gasteiger partial charge in [0.1, 0.15) is 0 Å². The molecule has 0 saturated heterocycles. The zero-order chi connectivity index (χ0) is 8.10. The number of nitrogens with one attached hydrogen (secondary N) is 1. The van der Waals surface area contributed by atoms with Gasteiger partial charge in [-0.2, -0.15) is 5.26 Å². The second-order valence-electron chi connectivity index (χ2n) is 2.20. The van der Waals surface area contributed by atoms with Gasteiger partial charge in [-0.25, -0.2) is 0 Å². The van der Waals surface area contributed by atoms with Crippen LogP contribution in [0.4, 0.5) is 0 Å². The summed E-state index contributed by atoms with van der Waals surface area (Å²) in [6.45, 7) is 1.97. The third-order valence-corrected chi connectivity index (χ3v) is 1.51. The molecule has 0 spiro atoms. The fourth-order valence-electron chi connectivity index (χ4n) is 0.978. The van der Waals surface area contributed by atoms with Crippen molar-refractivity contribution >= 4 is 12.2 Å². The monoisotopic (exact) mass is 146 g/mol. The lowest BCUT2D eigenvalue weighted by Gasteiger charge is -1.75. The maximum absolute atomic E-state index is 8.33. The molecule has 1 heterocycles. The molecule has 1 rings (SSSR count). The van der Waals surface area contributed by atoms with Crippen molar-refractivity contribution in [3.63, 3.8) is 0 Å². The van der Waals surface area contributed by atoms with E-state index in [9.17, 15) is 0 Å². The zero-order valence-electron chi connectivity index (χ0n) is 6.46. The molecule has 0 unspecified atom stereocenters. The SMILES string of the molecule is C/C=c1/[nH]cc/c1=C/CC#N. The maximum Gasteiger partial charge on any atom is 0.0663 e. The first-order valence-corrected chi connectivity index (χ1v) is 3.55. The summed E-state index contributed by atoms with van der Waals surface area (Å²) < 4.78 is 0. The van der Waals surface area contributed by atoms with Crippen LogP contribution in [0.3, 0.4) is 0 Å². The molecule has 11 heavy (non-hydrogen) atoms. The Labute approximate surface area is 65.5 Å². The predicted octanol–water partition coefficient (Wildman–Crippen LogP) is 0.509. The smallest absolute Gasteiger partial charge is 0.0663 e. The molecule has 2 nitrogen and oxygen atoms in total. The minimum Gasteiger partial charge on any atom is -0.361 e. The van der Waals surface area contributed by atoms with E-state index in [0.29, 0.717) is 6.42 Å². The van der Waals surface area contributed by atoms with E-state index in [2.05, 4.69) is 11.1 Å². The molecule has 0 aromatic carbocycles. The molecule has 0 bridgehead atoms. The molecule has 2 heteroatoms. The second kappa shape index (κ2) is 3.62. The van der Waals surface area contributed by atoms with E-state index < -0.39 is 0 Å². The Kier molecular flexibility index (Phi) is 2.51. The average Bonchev–Trinajstić information content (AvgIpc) is 2.47. The van der Waals surface area contributed by atoms with Gasteiger partial charge in [0.15, 0.2) is 0 Å². The Morgan fingerprint density at radius 2 is 2.55 bits per heavy atom. The van der Waals surface area contributed by atoms with Crippen molar-refractivity contribution in [1.82, 2.24) is 4.98 Å². The van der Waals surface area contributed by atoms with Crippen molar-refractivity contribution in [2.24, 2.45) is 0 Å². The van der Waals surface area contributed by atoms with Crippen molar-refractivity contribution < 1.29 is 0 Å². The molecule has 0 amide bonds. The molecule has 1 aromatic rings. The maximum atomic E-state index is 8.33. The molecule has 0 saturated carbocycles. The summed E-state index contributed by atoms with van der Waals surface area (Å²) in [4.78, 5) is 3.07. The lowest BCUT2D eigenvalue weighted by molar-refractivity contribution is 1.30. The molecule has 0 aliphatic rings. The van der Waals surface area contributed by atoms with E-state index >= 15 is 0 Å². The van der Waals surface area contributed by atoms with Crippen molar-refractivity contribution in [3.05, 3.63) is 22.8 Å². The first kappa shape index (κ1) is 7.62. The predicted molar refractivity (Wildman–Crippen MR) is 44.9 cm³/mol. The van der Waals surface area contributed by atoms with Gasteiger partial charge in [-0.1, -0.05) is 12.2 Å². The molecular weight excluding hydrogens is 136 g/mol. The van der Waals surface area contributed by atoms with Gasteiger partial charge in [0.05, 0.1) is 12.5 Å². The number of aromatic amines is 1. The summed E-state index contributed by atoms with van der Waals surface area (Å²) in [6.07, 6.45) is 6.24. The third-order valence-electron chi connectivity index (χ3n) is 1.51. The molecule has 0 aliphatic carbocycles. The van der Waals surface area contributed by atoms with Gasteiger partial charge in [-0.05, 0) is 18.2 Å². The van der Waals surface area contributed by atoms with Crippen molar-refractivity contribution in [2.45, 2.75) is 13.3 Å². The van der Waals surface area contributed by atoms with Gasteiger partial charge in [0.2, 0.25) is 0 Å². The number of hydrogen-bond donors (Lipinski definition) is 1. The largest absolute Gasteiger partial charge is 0.361 e. The zero-order valence-corrected chi connectivity index (χ0v) is 6.46. The van der Waals surface area contributed by atoms with Gasteiger partial charge in [-0.3, -0.25) is 0 Å². The van der Waals surface area contributed by atoms with Crippen LogP contribution in [0.2, 0.25) is 0 Å². The quantitative estimate of drug-likeness (QED) is 0.616. The van der Waals surface area contributed by atoms with E-state index in [1.54, 1.807) is 0 Å². The molecule has 0 radical (unpaired) electrons. The van der Waals surface area contributed by atoms with E-state index in [1.165, 1.54) is 0 Å². The van der Waals surface area contributed by atoms with Crippen LogP contribution in [-0.4, -0.2) is 4.98 Å². The standard InChI is InChI=1S/C9H10N2/c1-2-9-8(4-3-6-10)5-7-11-9/h2,4-5,7,11H,3H2,1H3/b8-4-,9-2+. The van der Waals surface area contributed by atoms with Crippen LogP contribution in [0, 0.1) is 11.3 Å². The van der Waals surface area contributed by atoms with Crippen LogP contribution in [0.5, 0.6) is 0 Å². The summed E-state index contributed by atoms with van der Waals surface area (Å²) in [7, 11) is 0. The molecule has 0 aliphatic heterocycles. The normalized spacial score (nSPS) is 13.5. The summed E-state index contributed by atoms with van der Waals surface area (Å²) in [5.74, 6) is 0. The highest BCUT2D eigenvalue weighted by Crippen LogP contribution is 1.74. The summed E-state index contributed by atoms with van der Waals surface area (Å²) >= 11 is 0. The van der Waals surface area contributed by atoms with Crippen LogP contribution >= 0.6 is 0 Å². The highest BCUT2D eigenvalue weighted by molar-refractivity contribution is 5.29. The van der Waals surface area contributed by atoms with Gasteiger partial charge in [-0.15, -0.1) is 0 Å². The van der Waals surface area contributed by atoms with Gasteiger partial charge in [0, 0.05) is 11.5 Å². The van der Waals surface area contributed by atoms with E-state index in [0.717, 1.165) is 10.6 Å². The second-order valence-corrected chi connectivity index (χ2v) is 2.20. The van der Waals surface area contributed by atoms with Crippen molar-refractivity contribution in [1.29, 1.82) is 5.26 Å². The Balaban J connectivity index is 3.15. The molecule has 1 N–H and O–H groups in total. The van der Waals surface area contributed by atoms with Crippen LogP contribution in [0.1, 0.15) is 13.3 Å². The fraction of sp³-hybridized carbons (Fsp3) is 0.222. The number of H-pyrrole nitrogens is 1. The first-order chi connectivity index (χ1) is 5.38. The van der Waals surface area contributed by atoms with Crippen molar-refractivity contribution in [2.75, 3.05) is 0 Å². The Hall–Kier alpha value is -1.49. The highest BCUT2D eigenvalue weighted by Gasteiger charge is 1.82. The highest BCUT2D eigenvalue weighted by atomic mass is 14.6. The number of rotatable bonds is 1. The molecule has 1 aromatic heterocycles. The van der Waals surface area contributed by atoms with Gasteiger partial charge in [0.25, 0.3) is 0 Å². The van der Waals surface area contributed by atoms with Gasteiger partial charge < -0.3 is 4.98 Å². The van der Waals surface area contributed by atoms with Gasteiger partial charge >= 0.3 is 0 Å². The molecule has 56 valence electrons. The van der Waals surface area contributed by atoms with E-state index in [-0.39, 0.29) is 0 Å². The summed E-state index contributed by atoms with van der Waals surface area (Å²) in [5, 5.41) is 10.5. The topological polar surface area (TPSA) is 39.6 Å². The van der Waals surface area contributed by atoms with Crippen LogP contribution in [-0.2, 0) is 0 Å². The van der Waals surface area contributed by atoms with Crippen LogP contribution in [0.25, 0.3) is 12.2 Å². The third kappa shape index (κ3) is 1.71. The summed E-state index contributed by atoms with van der Waals surface area (Å²) in [5.41, 5.74) is 0. The molecular formula is C9H10N2. The lowest BCUT2D eigenvalue weighted by atomic mass is 10.3. The minimum atomic E-state index is 0.471. The summed E-state index contributed by atoms with van der Waals surface area (Å²) in [6, 6.07) is 4.04. The van der Waals surface area contributed by atoms with E-state index in [1.807, 2.05) is 31.3 Å². The number of aromatic nitrogens is 1.